The lowest BCUT2D eigenvalue weighted by atomic mass is 9.45. The molecule has 0 aromatic rings. The number of Topliss-reactive ketones (excluding diaryl/α,β-unsaturated/α-hetero) is 1. The quantitative estimate of drug-likeness (QED) is 0.216. The third-order valence-electron chi connectivity index (χ3n) is 13.7. The first-order valence-corrected chi connectivity index (χ1v) is 27.2. The summed E-state index contributed by atoms with van der Waals surface area (Å²) < 4.78 is 40.3. The van der Waals surface area contributed by atoms with Gasteiger partial charge in [0.05, 0.1) is 30.3 Å². The fraction of sp³-hybridized carbons (Fsp3) is 0.889. The molecule has 2 aliphatic heterocycles. The van der Waals surface area contributed by atoms with E-state index in [9.17, 15) is 9.90 Å². The zero-order valence-electron chi connectivity index (χ0n) is 32.8. The molecule has 1 spiro atoms. The first-order valence-electron chi connectivity index (χ1n) is 18.0. The molecule has 9 atom stereocenters. The lowest BCUT2D eigenvalue weighted by molar-refractivity contribution is -0.331. The molecule has 9 nitrogen and oxygen atoms in total. The fourth-order valence-corrected chi connectivity index (χ4v) is 12.4. The van der Waals surface area contributed by atoms with Gasteiger partial charge < -0.3 is 32.6 Å². The van der Waals surface area contributed by atoms with Crippen LogP contribution in [0.3, 0.4) is 0 Å². The molecule has 1 unspecified atom stereocenters. The molecular weight excluding hydrogens is 661 g/mol. The largest absolute Gasteiger partial charge is 0.541 e. The van der Waals surface area contributed by atoms with Crippen molar-refractivity contribution in [1.29, 1.82) is 0 Å². The van der Waals surface area contributed by atoms with Crippen LogP contribution >= 0.6 is 0 Å². The number of carbonyl (C=O) groups is 2. The number of rotatable bonds is 6. The summed E-state index contributed by atoms with van der Waals surface area (Å²) in [5, 5.41) is 12.4. The van der Waals surface area contributed by atoms with Gasteiger partial charge in [-0.3, -0.25) is 4.79 Å². The van der Waals surface area contributed by atoms with E-state index in [-0.39, 0.29) is 34.5 Å². The van der Waals surface area contributed by atoms with Gasteiger partial charge in [-0.1, -0.05) is 62.3 Å². The molecule has 2 bridgehead atoms. The Hall–Kier alpha value is -1.03. The van der Waals surface area contributed by atoms with Gasteiger partial charge in [0.1, 0.15) is 11.4 Å². The summed E-state index contributed by atoms with van der Waals surface area (Å²) in [7, 11) is -7.23. The van der Waals surface area contributed by atoms with Gasteiger partial charge in [-0.15, -0.1) is 0 Å². The second kappa shape index (κ2) is 11.0. The normalized spacial score (nSPS) is 40.0. The highest BCUT2D eigenvalue weighted by Crippen LogP contribution is 2.67. The van der Waals surface area contributed by atoms with Crippen LogP contribution < -0.4 is 0 Å². The van der Waals surface area contributed by atoms with Crippen LogP contribution in [-0.4, -0.2) is 84.2 Å². The molecule has 3 aliphatic carbocycles. The highest BCUT2D eigenvalue weighted by atomic mass is 28.4. The van der Waals surface area contributed by atoms with Gasteiger partial charge in [0.2, 0.25) is 5.78 Å². The lowest BCUT2D eigenvalue weighted by Gasteiger charge is -2.66. The number of hydrogen-bond donors (Lipinski definition) is 1. The Labute approximate surface area is 292 Å². The summed E-state index contributed by atoms with van der Waals surface area (Å²) >= 11 is 0. The van der Waals surface area contributed by atoms with Crippen LogP contribution in [0.4, 0.5) is 4.79 Å². The standard InChI is InChI=1S/C36H64O9Si3/c1-21-22(43-46(11,12)13)19-36-29(41-30(38)42-36)27-34(10,23(18-24-35(27,39)20-40-24)44-47(14,15)31(2,3)4)28(37)26(25(21)33(36,8)9)45-48(16,17)32(5,6)7/h21-24,27,29,39H,18-20H2,1-17H3/t21?,22-,23-,24+,27-,29-,34+,35-,36+/m0/s1. The Bertz CT molecular complexity index is 1390. The Balaban J connectivity index is 1.89. The molecule has 5 rings (SSSR count). The number of ether oxygens (including phenoxy) is 3. The molecular formula is C36H64O9Si3. The third kappa shape index (κ3) is 5.39. The Kier molecular flexibility index (Phi) is 8.75. The van der Waals surface area contributed by atoms with E-state index >= 15 is 4.79 Å². The summed E-state index contributed by atoms with van der Waals surface area (Å²) in [6, 6.07) is 0. The Morgan fingerprint density at radius 3 is 1.92 bits per heavy atom. The van der Waals surface area contributed by atoms with Gasteiger partial charge in [0.25, 0.3) is 8.32 Å². The van der Waals surface area contributed by atoms with Crippen LogP contribution in [0.5, 0.6) is 0 Å². The number of fused-ring (bicyclic) bond motifs is 5. The lowest BCUT2D eigenvalue weighted by Crippen LogP contribution is -2.80. The Morgan fingerprint density at radius 2 is 1.44 bits per heavy atom. The molecule has 0 aromatic carbocycles. The van der Waals surface area contributed by atoms with Crippen molar-refractivity contribution in [1.82, 2.24) is 0 Å². The minimum Gasteiger partial charge on any atom is -0.541 e. The van der Waals surface area contributed by atoms with E-state index < -0.39 is 77.4 Å². The van der Waals surface area contributed by atoms with Gasteiger partial charge in [-0.2, -0.15) is 0 Å². The molecule has 0 amide bonds. The number of carbonyl (C=O) groups excluding carboxylic acids is 2. The maximum atomic E-state index is 16.0. The summed E-state index contributed by atoms with van der Waals surface area (Å²) in [4.78, 5) is 29.6. The average Bonchev–Trinajstić information content (AvgIpc) is 3.20. The minimum atomic E-state index is -2.63. The third-order valence-corrected chi connectivity index (χ3v) is 23.5. The Morgan fingerprint density at radius 1 is 0.875 bits per heavy atom. The van der Waals surface area contributed by atoms with Crippen LogP contribution in [0.1, 0.15) is 82.1 Å². The molecule has 4 fully saturated rings. The summed E-state index contributed by atoms with van der Waals surface area (Å²) in [6.45, 7) is 36.4. The average molecular weight is 725 g/mol. The zero-order valence-corrected chi connectivity index (χ0v) is 35.8. The van der Waals surface area contributed by atoms with Gasteiger partial charge in [-0.25, -0.2) is 4.79 Å². The van der Waals surface area contributed by atoms with Gasteiger partial charge in [0.15, 0.2) is 28.3 Å². The maximum Gasteiger partial charge on any atom is 0.509 e. The minimum absolute atomic E-state index is 0.0306. The molecule has 1 N–H and O–H groups in total. The van der Waals surface area contributed by atoms with E-state index in [4.69, 9.17) is 27.5 Å². The number of aliphatic hydroxyl groups is 1. The van der Waals surface area contributed by atoms with Crippen LogP contribution in [-0.2, 0) is 32.3 Å². The van der Waals surface area contributed by atoms with Gasteiger partial charge in [-0.05, 0) is 68.4 Å². The second-order valence-corrected chi connectivity index (χ2v) is 34.2. The molecule has 2 heterocycles. The van der Waals surface area contributed by atoms with E-state index in [1.807, 2.05) is 6.92 Å². The molecule has 2 saturated carbocycles. The molecule has 48 heavy (non-hydrogen) atoms. The molecule has 0 aromatic heterocycles. The van der Waals surface area contributed by atoms with Crippen molar-refractivity contribution in [3.63, 3.8) is 0 Å². The van der Waals surface area contributed by atoms with Crippen molar-refractivity contribution >= 4 is 36.9 Å². The van der Waals surface area contributed by atoms with Crippen molar-refractivity contribution < 1.29 is 42.2 Å². The monoisotopic (exact) mass is 724 g/mol. The highest BCUT2D eigenvalue weighted by molar-refractivity contribution is 6.75. The van der Waals surface area contributed by atoms with Crippen LogP contribution in [0.25, 0.3) is 0 Å². The van der Waals surface area contributed by atoms with E-state index in [2.05, 4.69) is 108 Å². The molecule has 274 valence electrons. The maximum absolute atomic E-state index is 16.0. The molecule has 2 saturated heterocycles. The SMILES string of the molecule is CC1C2=C(O[Si](C)(C)C(C)(C)C)C(=O)[C@]3(C)[C@@H](O[Si](C)(C)C(C)(C)C)C[C@H]4OC[C@@]4(O)[C@H]3[C@@H]3OC(=O)O[C@@]3(C[C@@H]1O[Si](C)(C)C)C2(C)C. The van der Waals surface area contributed by atoms with E-state index in [0.717, 1.165) is 5.57 Å². The second-order valence-electron chi connectivity index (χ2n) is 20.3. The van der Waals surface area contributed by atoms with E-state index in [1.54, 1.807) is 0 Å². The van der Waals surface area contributed by atoms with Gasteiger partial charge >= 0.3 is 6.16 Å². The van der Waals surface area contributed by atoms with E-state index in [0.29, 0.717) is 18.6 Å². The molecule has 5 aliphatic rings. The van der Waals surface area contributed by atoms with E-state index in [1.165, 1.54) is 0 Å². The first kappa shape index (κ1) is 38.2. The fourth-order valence-electron chi connectivity index (χ4n) is 8.75. The summed E-state index contributed by atoms with van der Waals surface area (Å²) in [5.74, 6) is -0.958. The summed E-state index contributed by atoms with van der Waals surface area (Å²) in [5.41, 5.74) is -4.13. The molecule has 0 radical (unpaired) electrons. The zero-order chi connectivity index (χ0) is 36.6. The number of allylic oxidation sites excluding steroid dienone is 1. The van der Waals surface area contributed by atoms with Crippen molar-refractivity contribution in [2.75, 3.05) is 6.61 Å². The van der Waals surface area contributed by atoms with Crippen molar-refractivity contribution in [3.05, 3.63) is 11.3 Å². The van der Waals surface area contributed by atoms with Crippen LogP contribution in [0.2, 0.25) is 55.9 Å². The number of hydrogen-bond acceptors (Lipinski definition) is 9. The highest BCUT2D eigenvalue weighted by Gasteiger charge is 2.79. The van der Waals surface area contributed by atoms with Gasteiger partial charge in [0, 0.05) is 30.1 Å². The van der Waals surface area contributed by atoms with Crippen LogP contribution in [0.15, 0.2) is 11.3 Å². The first-order chi connectivity index (χ1) is 21.4. The summed E-state index contributed by atoms with van der Waals surface area (Å²) in [6.07, 6.45) is -2.60. The van der Waals surface area contributed by atoms with Crippen molar-refractivity contribution in [3.8, 4) is 0 Å². The molecule has 12 heteroatoms. The van der Waals surface area contributed by atoms with Crippen LogP contribution in [0, 0.1) is 22.7 Å². The van der Waals surface area contributed by atoms with Crippen molar-refractivity contribution in [2.24, 2.45) is 22.7 Å². The number of ketones is 1. The smallest absolute Gasteiger partial charge is 0.509 e. The van der Waals surface area contributed by atoms with Crippen molar-refractivity contribution in [2.45, 2.75) is 174 Å². The topological polar surface area (TPSA) is 110 Å². The predicted molar refractivity (Wildman–Crippen MR) is 193 cm³/mol. The predicted octanol–water partition coefficient (Wildman–Crippen LogP) is 7.95.